The molecule has 0 amide bonds. The molecule has 2 heterocycles. The van der Waals surface area contributed by atoms with Crippen molar-refractivity contribution in [1.82, 2.24) is 4.98 Å². The summed E-state index contributed by atoms with van der Waals surface area (Å²) in [6, 6.07) is 11.3. The summed E-state index contributed by atoms with van der Waals surface area (Å²) < 4.78 is 10.8. The number of halogens is 1. The van der Waals surface area contributed by atoms with Crippen LogP contribution in [0.3, 0.4) is 0 Å². The zero-order valence-electron chi connectivity index (χ0n) is 16.0. The Hall–Kier alpha value is -3.74. The highest BCUT2D eigenvalue weighted by Gasteiger charge is 2.14. The van der Waals surface area contributed by atoms with Crippen LogP contribution < -0.4 is 5.43 Å². The summed E-state index contributed by atoms with van der Waals surface area (Å²) in [5.74, 6) is 1.04. The molecule has 0 saturated heterocycles. The standard InChI is InChI=1S/C20H16ClN5O4/c1-12-7-13(11-29-2)17(9-22)20(24-12)25-23-10-15-4-6-19(30-15)16-8-14(26(27)28)3-5-18(16)21/h3-8,10H,11H2,1-2H3,(H,24,25)/b23-10+. The SMILES string of the molecule is COCc1cc(C)nc(N/N=C/c2ccc(-c3cc([N+](=O)[O-])ccc3Cl)o2)c1C#N. The topological polar surface area (TPSA) is 127 Å². The van der Waals surface area contributed by atoms with Crippen molar-refractivity contribution in [3.8, 4) is 17.4 Å². The van der Waals surface area contributed by atoms with Gasteiger partial charge in [0.15, 0.2) is 5.82 Å². The Balaban J connectivity index is 1.82. The molecule has 0 saturated carbocycles. The Kier molecular flexibility index (Phi) is 6.41. The van der Waals surface area contributed by atoms with Crippen molar-refractivity contribution < 1.29 is 14.1 Å². The van der Waals surface area contributed by atoms with Gasteiger partial charge in [-0.15, -0.1) is 0 Å². The Labute approximate surface area is 176 Å². The number of ether oxygens (including phenoxy) is 1. The summed E-state index contributed by atoms with van der Waals surface area (Å²) in [6.07, 6.45) is 1.40. The lowest BCUT2D eigenvalue weighted by atomic mass is 10.1. The minimum atomic E-state index is -0.505. The van der Waals surface area contributed by atoms with E-state index in [1.54, 1.807) is 32.2 Å². The van der Waals surface area contributed by atoms with Crippen molar-refractivity contribution >= 4 is 29.3 Å². The number of nitro benzene ring substituents is 1. The molecule has 3 rings (SSSR count). The number of methoxy groups -OCH3 is 1. The number of nitro groups is 1. The number of nitrogens with one attached hydrogen (secondary N) is 1. The third kappa shape index (κ3) is 4.63. The van der Waals surface area contributed by atoms with E-state index in [2.05, 4.69) is 21.6 Å². The van der Waals surface area contributed by atoms with Crippen molar-refractivity contribution in [2.45, 2.75) is 13.5 Å². The first-order valence-electron chi connectivity index (χ1n) is 8.65. The van der Waals surface area contributed by atoms with Crippen LogP contribution >= 0.6 is 11.6 Å². The summed E-state index contributed by atoms with van der Waals surface area (Å²) in [6.45, 7) is 2.08. The minimum Gasteiger partial charge on any atom is -0.455 e. The molecule has 152 valence electrons. The van der Waals surface area contributed by atoms with Crippen molar-refractivity contribution in [3.05, 3.63) is 74.1 Å². The predicted molar refractivity (Wildman–Crippen MR) is 111 cm³/mol. The highest BCUT2D eigenvalue weighted by Crippen LogP contribution is 2.32. The summed E-state index contributed by atoms with van der Waals surface area (Å²) in [5, 5.41) is 24.8. The molecule has 0 aliphatic rings. The molecule has 3 aromatic rings. The Morgan fingerprint density at radius 2 is 2.20 bits per heavy atom. The second-order valence-corrected chi connectivity index (χ2v) is 6.59. The minimum absolute atomic E-state index is 0.0934. The van der Waals surface area contributed by atoms with Crippen molar-refractivity contribution in [2.24, 2.45) is 5.10 Å². The maximum atomic E-state index is 11.0. The molecule has 9 nitrogen and oxygen atoms in total. The number of hydrazone groups is 1. The van der Waals surface area contributed by atoms with Gasteiger partial charge in [0.1, 0.15) is 23.2 Å². The lowest BCUT2D eigenvalue weighted by Gasteiger charge is -2.08. The van der Waals surface area contributed by atoms with E-state index in [-0.39, 0.29) is 12.3 Å². The fourth-order valence-corrected chi connectivity index (χ4v) is 2.97. The fraction of sp³-hybridized carbons (Fsp3) is 0.150. The maximum absolute atomic E-state index is 11.0. The Bertz CT molecular complexity index is 1170. The van der Waals surface area contributed by atoms with Crippen LogP contribution in [0.2, 0.25) is 5.02 Å². The molecule has 1 aromatic carbocycles. The van der Waals surface area contributed by atoms with Gasteiger partial charge in [0, 0.05) is 36.1 Å². The van der Waals surface area contributed by atoms with E-state index in [1.165, 1.54) is 24.4 Å². The van der Waals surface area contributed by atoms with Gasteiger partial charge >= 0.3 is 0 Å². The molecular formula is C20H16ClN5O4. The lowest BCUT2D eigenvalue weighted by molar-refractivity contribution is -0.384. The van der Waals surface area contributed by atoms with Gasteiger partial charge in [-0.05, 0) is 31.2 Å². The zero-order valence-corrected chi connectivity index (χ0v) is 16.8. The van der Waals surface area contributed by atoms with Gasteiger partial charge in [-0.3, -0.25) is 15.5 Å². The number of nitriles is 1. The molecule has 30 heavy (non-hydrogen) atoms. The maximum Gasteiger partial charge on any atom is 0.270 e. The number of nitrogens with zero attached hydrogens (tertiary/aromatic N) is 4. The van der Waals surface area contributed by atoms with E-state index in [0.29, 0.717) is 44.7 Å². The van der Waals surface area contributed by atoms with Crippen LogP contribution in [0.4, 0.5) is 11.5 Å². The molecule has 0 spiro atoms. The number of anilines is 1. The molecule has 0 aliphatic heterocycles. The summed E-state index contributed by atoms with van der Waals surface area (Å²) >= 11 is 6.14. The average Bonchev–Trinajstić information content (AvgIpc) is 3.17. The second kappa shape index (κ2) is 9.17. The highest BCUT2D eigenvalue weighted by molar-refractivity contribution is 6.33. The van der Waals surface area contributed by atoms with Crippen LogP contribution in [0, 0.1) is 28.4 Å². The van der Waals surface area contributed by atoms with Crippen LogP contribution in [0.15, 0.2) is 45.9 Å². The number of pyridine rings is 1. The summed E-state index contributed by atoms with van der Waals surface area (Å²) in [4.78, 5) is 14.8. The number of aryl methyl sites for hydroxylation is 1. The molecule has 0 aliphatic carbocycles. The largest absolute Gasteiger partial charge is 0.455 e. The average molecular weight is 426 g/mol. The Morgan fingerprint density at radius 3 is 2.90 bits per heavy atom. The number of aromatic nitrogens is 1. The first-order valence-corrected chi connectivity index (χ1v) is 9.03. The monoisotopic (exact) mass is 425 g/mol. The number of non-ortho nitro benzene ring substituents is 1. The van der Waals surface area contributed by atoms with Gasteiger partial charge in [0.05, 0.1) is 22.8 Å². The van der Waals surface area contributed by atoms with E-state index < -0.39 is 4.92 Å². The van der Waals surface area contributed by atoms with Gasteiger partial charge in [-0.1, -0.05) is 11.6 Å². The van der Waals surface area contributed by atoms with E-state index in [0.717, 1.165) is 0 Å². The second-order valence-electron chi connectivity index (χ2n) is 6.18. The van der Waals surface area contributed by atoms with Gasteiger partial charge in [-0.2, -0.15) is 10.4 Å². The quantitative estimate of drug-likeness (QED) is 0.331. The number of furan rings is 1. The molecule has 0 atom stereocenters. The molecule has 2 aromatic heterocycles. The molecular weight excluding hydrogens is 410 g/mol. The van der Waals surface area contributed by atoms with Crippen LogP contribution in [0.5, 0.6) is 0 Å². The van der Waals surface area contributed by atoms with Crippen LogP contribution in [0.1, 0.15) is 22.6 Å². The van der Waals surface area contributed by atoms with Gasteiger partial charge < -0.3 is 9.15 Å². The molecule has 0 fully saturated rings. The third-order valence-corrected chi connectivity index (χ3v) is 4.39. The zero-order chi connectivity index (χ0) is 21.7. The molecule has 10 heteroatoms. The van der Waals surface area contributed by atoms with Crippen molar-refractivity contribution in [2.75, 3.05) is 12.5 Å². The molecule has 0 radical (unpaired) electrons. The number of hydrogen-bond donors (Lipinski definition) is 1. The predicted octanol–water partition coefficient (Wildman–Crippen LogP) is 4.68. The van der Waals surface area contributed by atoms with E-state index in [1.807, 2.05) is 0 Å². The van der Waals surface area contributed by atoms with Gasteiger partial charge in [0.2, 0.25) is 0 Å². The smallest absolute Gasteiger partial charge is 0.270 e. The summed E-state index contributed by atoms with van der Waals surface area (Å²) in [7, 11) is 1.55. The Morgan fingerprint density at radius 1 is 1.40 bits per heavy atom. The number of benzene rings is 1. The first kappa shape index (κ1) is 21.0. The van der Waals surface area contributed by atoms with Gasteiger partial charge in [-0.25, -0.2) is 4.98 Å². The normalized spacial score (nSPS) is 10.9. The fourth-order valence-electron chi connectivity index (χ4n) is 2.76. The highest BCUT2D eigenvalue weighted by atomic mass is 35.5. The first-order chi connectivity index (χ1) is 14.4. The number of rotatable bonds is 7. The van der Waals surface area contributed by atoms with E-state index in [4.69, 9.17) is 20.8 Å². The van der Waals surface area contributed by atoms with Crippen LogP contribution in [-0.2, 0) is 11.3 Å². The van der Waals surface area contributed by atoms with Crippen molar-refractivity contribution in [3.63, 3.8) is 0 Å². The van der Waals surface area contributed by atoms with Crippen LogP contribution in [-0.4, -0.2) is 23.2 Å². The molecule has 1 N–H and O–H groups in total. The van der Waals surface area contributed by atoms with Crippen molar-refractivity contribution in [1.29, 1.82) is 5.26 Å². The molecule has 0 unspecified atom stereocenters. The van der Waals surface area contributed by atoms with Gasteiger partial charge in [0.25, 0.3) is 5.69 Å². The van der Waals surface area contributed by atoms with Crippen LogP contribution in [0.25, 0.3) is 11.3 Å². The third-order valence-electron chi connectivity index (χ3n) is 4.06. The summed E-state index contributed by atoms with van der Waals surface area (Å²) in [5.41, 5.74) is 4.79. The lowest BCUT2D eigenvalue weighted by Crippen LogP contribution is -2.03. The van der Waals surface area contributed by atoms with E-state index >= 15 is 0 Å². The number of hydrogen-bond acceptors (Lipinski definition) is 8. The molecule has 0 bridgehead atoms. The van der Waals surface area contributed by atoms with E-state index in [9.17, 15) is 15.4 Å².